The summed E-state index contributed by atoms with van der Waals surface area (Å²) < 4.78 is 0. The van der Waals surface area contributed by atoms with E-state index in [-0.39, 0.29) is 5.56 Å². The maximum Gasteiger partial charge on any atom is 0.254 e. The van der Waals surface area contributed by atoms with Gasteiger partial charge >= 0.3 is 0 Å². The summed E-state index contributed by atoms with van der Waals surface area (Å²) in [6, 6.07) is 0. The summed E-state index contributed by atoms with van der Waals surface area (Å²) >= 11 is 0. The largest absolute Gasteiger partial charge is 0.313 e. The van der Waals surface area contributed by atoms with Crippen LogP contribution in [0.2, 0.25) is 0 Å². The fraction of sp³-hybridized carbons (Fsp3) is 0.600. The van der Waals surface area contributed by atoms with Gasteiger partial charge in [0.25, 0.3) is 5.56 Å². The average molecular weight is 178 g/mol. The normalized spacial score (nSPS) is 19.5. The van der Waals surface area contributed by atoms with Crippen LogP contribution in [0, 0.1) is 5.41 Å². The Balaban J connectivity index is 2.48. The van der Waals surface area contributed by atoms with Gasteiger partial charge in [-0.3, -0.25) is 4.79 Å². The van der Waals surface area contributed by atoms with Gasteiger partial charge in [0, 0.05) is 5.56 Å². The highest BCUT2D eigenvalue weighted by Crippen LogP contribution is 2.31. The van der Waals surface area contributed by atoms with Crippen LogP contribution in [0.1, 0.15) is 31.5 Å². The molecule has 1 aromatic rings. The first-order valence-corrected chi connectivity index (χ1v) is 4.64. The minimum absolute atomic E-state index is 0.0421. The van der Waals surface area contributed by atoms with Crippen LogP contribution >= 0.6 is 0 Å². The van der Waals surface area contributed by atoms with Gasteiger partial charge in [-0.25, -0.2) is 4.98 Å². The van der Waals surface area contributed by atoms with Gasteiger partial charge in [0.1, 0.15) is 0 Å². The fourth-order valence-corrected chi connectivity index (χ4v) is 1.88. The highest BCUT2D eigenvalue weighted by molar-refractivity contribution is 5.21. The zero-order valence-electron chi connectivity index (χ0n) is 8.05. The molecule has 1 aliphatic rings. The number of H-pyrrole nitrogens is 1. The molecular weight excluding hydrogens is 164 g/mol. The van der Waals surface area contributed by atoms with Gasteiger partial charge in [-0.15, -0.1) is 0 Å². The highest BCUT2D eigenvalue weighted by Gasteiger charge is 2.27. The van der Waals surface area contributed by atoms with Gasteiger partial charge < -0.3 is 4.98 Å². The second kappa shape index (κ2) is 2.69. The third-order valence-electron chi connectivity index (χ3n) is 2.74. The molecule has 0 unspecified atom stereocenters. The van der Waals surface area contributed by atoms with Crippen molar-refractivity contribution < 1.29 is 0 Å². The predicted octanol–water partition coefficient (Wildman–Crippen LogP) is 1.28. The number of aromatic amines is 1. The third kappa shape index (κ3) is 1.50. The quantitative estimate of drug-likeness (QED) is 0.650. The third-order valence-corrected chi connectivity index (χ3v) is 2.74. The van der Waals surface area contributed by atoms with Crippen LogP contribution in [0.3, 0.4) is 0 Å². The Morgan fingerprint density at radius 2 is 2.31 bits per heavy atom. The van der Waals surface area contributed by atoms with Crippen molar-refractivity contribution in [2.45, 2.75) is 33.1 Å². The molecule has 1 aromatic heterocycles. The number of aromatic nitrogens is 2. The lowest BCUT2D eigenvalue weighted by molar-refractivity contribution is 0.309. The first-order chi connectivity index (χ1) is 6.08. The lowest BCUT2D eigenvalue weighted by Crippen LogP contribution is -2.28. The Kier molecular flexibility index (Phi) is 1.75. The Hall–Kier alpha value is -1.12. The minimum Gasteiger partial charge on any atom is -0.313 e. The van der Waals surface area contributed by atoms with Gasteiger partial charge in [-0.2, -0.15) is 0 Å². The van der Waals surface area contributed by atoms with Crippen LogP contribution in [0.4, 0.5) is 0 Å². The number of nitrogens with one attached hydrogen (secondary N) is 1. The summed E-state index contributed by atoms with van der Waals surface area (Å²) in [4.78, 5) is 18.2. The van der Waals surface area contributed by atoms with Crippen LogP contribution in [0.15, 0.2) is 11.1 Å². The number of nitrogens with zero attached hydrogens (tertiary/aromatic N) is 1. The van der Waals surface area contributed by atoms with E-state index >= 15 is 0 Å². The Morgan fingerprint density at radius 1 is 1.54 bits per heavy atom. The minimum atomic E-state index is 0.0421. The summed E-state index contributed by atoms with van der Waals surface area (Å²) in [5.41, 5.74) is 2.22. The van der Waals surface area contributed by atoms with Gasteiger partial charge in [0.15, 0.2) is 0 Å². The molecule has 13 heavy (non-hydrogen) atoms. The number of hydrogen-bond acceptors (Lipinski definition) is 2. The second-order valence-corrected chi connectivity index (χ2v) is 4.50. The first-order valence-electron chi connectivity index (χ1n) is 4.64. The molecular formula is C10H14N2O. The summed E-state index contributed by atoms with van der Waals surface area (Å²) in [5, 5.41) is 0. The van der Waals surface area contributed by atoms with E-state index < -0.39 is 0 Å². The Labute approximate surface area is 77.2 Å². The smallest absolute Gasteiger partial charge is 0.254 e. The van der Waals surface area contributed by atoms with Crippen molar-refractivity contribution in [3.8, 4) is 0 Å². The summed E-state index contributed by atoms with van der Waals surface area (Å²) in [6.45, 7) is 4.44. The van der Waals surface area contributed by atoms with Crippen molar-refractivity contribution in [3.05, 3.63) is 27.9 Å². The van der Waals surface area contributed by atoms with Gasteiger partial charge in [0.05, 0.1) is 12.0 Å². The molecule has 0 aliphatic heterocycles. The van der Waals surface area contributed by atoms with E-state index in [4.69, 9.17) is 0 Å². The molecule has 0 fully saturated rings. The van der Waals surface area contributed by atoms with Crippen LogP contribution in [0.5, 0.6) is 0 Å². The lowest BCUT2D eigenvalue weighted by Gasteiger charge is -2.29. The molecule has 0 bridgehead atoms. The Bertz CT molecular complexity index is 379. The van der Waals surface area contributed by atoms with Gasteiger partial charge in [0.2, 0.25) is 0 Å². The van der Waals surface area contributed by atoms with E-state index in [1.807, 2.05) is 0 Å². The molecule has 70 valence electrons. The zero-order chi connectivity index (χ0) is 9.47. The van der Waals surface area contributed by atoms with Crippen molar-refractivity contribution in [2.75, 3.05) is 0 Å². The first kappa shape index (κ1) is 8.48. The molecule has 1 aliphatic carbocycles. The molecule has 0 amide bonds. The van der Waals surface area contributed by atoms with Crippen molar-refractivity contribution in [2.24, 2.45) is 5.41 Å². The van der Waals surface area contributed by atoms with Crippen molar-refractivity contribution in [3.63, 3.8) is 0 Å². The molecule has 2 rings (SSSR count). The van der Waals surface area contributed by atoms with Gasteiger partial charge in [-0.1, -0.05) is 13.8 Å². The number of hydrogen-bond donors (Lipinski definition) is 1. The van der Waals surface area contributed by atoms with E-state index in [9.17, 15) is 4.79 Å². The molecule has 0 aromatic carbocycles. The van der Waals surface area contributed by atoms with Crippen LogP contribution in [-0.2, 0) is 12.8 Å². The standard InChI is InChI=1S/C10H14N2O/c1-10(2)4-3-7-8(5-10)11-6-12-9(7)13/h6H,3-5H2,1-2H3,(H,11,12,13). The molecule has 0 atom stereocenters. The lowest BCUT2D eigenvalue weighted by atomic mass is 9.77. The van der Waals surface area contributed by atoms with E-state index in [1.165, 1.54) is 6.33 Å². The number of rotatable bonds is 0. The van der Waals surface area contributed by atoms with Crippen LogP contribution in [0.25, 0.3) is 0 Å². The summed E-state index contributed by atoms with van der Waals surface area (Å²) in [7, 11) is 0. The predicted molar refractivity (Wildman–Crippen MR) is 50.7 cm³/mol. The number of fused-ring (bicyclic) bond motifs is 1. The zero-order valence-corrected chi connectivity index (χ0v) is 8.05. The second-order valence-electron chi connectivity index (χ2n) is 4.50. The SMILES string of the molecule is CC1(C)CCc2c(nc[nH]c2=O)C1. The Morgan fingerprint density at radius 3 is 3.08 bits per heavy atom. The molecule has 0 saturated carbocycles. The topological polar surface area (TPSA) is 45.8 Å². The maximum atomic E-state index is 11.4. The fourth-order valence-electron chi connectivity index (χ4n) is 1.88. The molecule has 1 N–H and O–H groups in total. The monoisotopic (exact) mass is 178 g/mol. The van der Waals surface area contributed by atoms with Crippen molar-refractivity contribution >= 4 is 0 Å². The van der Waals surface area contributed by atoms with E-state index in [0.29, 0.717) is 5.41 Å². The van der Waals surface area contributed by atoms with Gasteiger partial charge in [-0.05, 0) is 24.7 Å². The average Bonchev–Trinajstić information content (AvgIpc) is 2.02. The molecule has 1 heterocycles. The van der Waals surface area contributed by atoms with Crippen LogP contribution in [-0.4, -0.2) is 9.97 Å². The summed E-state index contributed by atoms with van der Waals surface area (Å²) in [5.74, 6) is 0. The summed E-state index contributed by atoms with van der Waals surface area (Å²) in [6.07, 6.45) is 4.37. The molecule has 3 nitrogen and oxygen atoms in total. The van der Waals surface area contributed by atoms with E-state index in [2.05, 4.69) is 23.8 Å². The van der Waals surface area contributed by atoms with E-state index in [0.717, 1.165) is 30.5 Å². The molecule has 3 heteroatoms. The van der Waals surface area contributed by atoms with Crippen molar-refractivity contribution in [1.82, 2.24) is 9.97 Å². The van der Waals surface area contributed by atoms with E-state index in [1.54, 1.807) is 0 Å². The highest BCUT2D eigenvalue weighted by atomic mass is 16.1. The molecule has 0 spiro atoms. The van der Waals surface area contributed by atoms with Crippen LogP contribution < -0.4 is 5.56 Å². The maximum absolute atomic E-state index is 11.4. The molecule has 0 radical (unpaired) electrons. The van der Waals surface area contributed by atoms with Crippen molar-refractivity contribution in [1.29, 1.82) is 0 Å². The molecule has 0 saturated heterocycles.